The molecule has 9 heteroatoms. The van der Waals surface area contributed by atoms with Crippen molar-refractivity contribution in [3.63, 3.8) is 0 Å². The Hall–Kier alpha value is -5.05. The van der Waals surface area contributed by atoms with E-state index in [-0.39, 0.29) is 17.9 Å². The molecule has 0 aliphatic carbocycles. The van der Waals surface area contributed by atoms with Crippen LogP contribution in [0, 0.1) is 0 Å². The molecule has 2 N–H and O–H groups in total. The van der Waals surface area contributed by atoms with Crippen LogP contribution in [0.15, 0.2) is 91.3 Å². The van der Waals surface area contributed by atoms with Crippen LogP contribution >= 0.6 is 0 Å². The largest absolute Gasteiger partial charge is 0.350 e. The average Bonchev–Trinajstić information content (AvgIpc) is 3.66. The van der Waals surface area contributed by atoms with Crippen LogP contribution in [0.2, 0.25) is 0 Å². The second-order valence-corrected chi connectivity index (χ2v) is 10.5. The second-order valence-electron chi connectivity index (χ2n) is 10.5. The third kappa shape index (κ3) is 5.85. The lowest BCUT2D eigenvalue weighted by atomic mass is 10.0. The molecular formula is C33H33N7O2. The third-order valence-corrected chi connectivity index (χ3v) is 7.48. The quantitative estimate of drug-likeness (QED) is 0.233. The van der Waals surface area contributed by atoms with Gasteiger partial charge in [-0.05, 0) is 55.3 Å². The summed E-state index contributed by atoms with van der Waals surface area (Å²) in [5.74, 6) is 0.481. The summed E-state index contributed by atoms with van der Waals surface area (Å²) in [5.41, 5.74) is 5.86. The topological polar surface area (TPSA) is 105 Å². The molecule has 1 aliphatic heterocycles. The van der Waals surface area contributed by atoms with E-state index in [1.807, 2.05) is 70.2 Å². The fourth-order valence-corrected chi connectivity index (χ4v) is 5.30. The van der Waals surface area contributed by atoms with Crippen LogP contribution in [0.4, 0.5) is 11.6 Å². The highest BCUT2D eigenvalue weighted by molar-refractivity contribution is 5.96. The molecular weight excluding hydrogens is 526 g/mol. The number of carbonyl (C=O) groups excluding carboxylic acids is 2. The standard InChI is InChI=1S/C33H33N7O2/c1-2-3-12-29(41)35-25-15-13-24(14-16-25)32(42)39-21-18-26(22-39)36-33-34-19-17-27(37-33)30-28-11-7-8-20-40(28)38-31(30)23-9-5-4-6-10-23/h4-11,13-17,19-20,26H,2-3,12,18,21-22H2,1H3,(H,35,41)(H,34,36,37). The zero-order chi connectivity index (χ0) is 28.9. The Bertz CT molecular complexity index is 1700. The molecule has 0 radical (unpaired) electrons. The number of aromatic nitrogens is 4. The van der Waals surface area contributed by atoms with Crippen LogP contribution in [0.1, 0.15) is 43.0 Å². The van der Waals surface area contributed by atoms with E-state index in [0.29, 0.717) is 36.7 Å². The summed E-state index contributed by atoms with van der Waals surface area (Å²) in [6, 6.07) is 25.1. The van der Waals surface area contributed by atoms with E-state index >= 15 is 0 Å². The van der Waals surface area contributed by atoms with Gasteiger partial charge in [0.05, 0.1) is 16.8 Å². The molecule has 1 aliphatic rings. The summed E-state index contributed by atoms with van der Waals surface area (Å²) >= 11 is 0. The molecule has 2 aromatic carbocycles. The lowest BCUT2D eigenvalue weighted by Gasteiger charge is -2.17. The number of hydrogen-bond acceptors (Lipinski definition) is 6. The Labute approximate surface area is 244 Å². The normalized spacial score (nSPS) is 14.7. The molecule has 1 saturated heterocycles. The van der Waals surface area contributed by atoms with Gasteiger partial charge in [-0.3, -0.25) is 9.59 Å². The molecule has 6 rings (SSSR count). The molecule has 9 nitrogen and oxygen atoms in total. The molecule has 1 atom stereocenters. The molecule has 0 bridgehead atoms. The third-order valence-electron chi connectivity index (χ3n) is 7.48. The number of nitrogens with one attached hydrogen (secondary N) is 2. The van der Waals surface area contributed by atoms with Crippen molar-refractivity contribution in [1.29, 1.82) is 0 Å². The smallest absolute Gasteiger partial charge is 0.253 e. The van der Waals surface area contributed by atoms with Crippen molar-refractivity contribution >= 4 is 29.0 Å². The molecule has 2 amide bonds. The van der Waals surface area contributed by atoms with Gasteiger partial charge in [0.25, 0.3) is 5.91 Å². The number of unbranched alkanes of at least 4 members (excludes halogenated alkanes) is 1. The lowest BCUT2D eigenvalue weighted by molar-refractivity contribution is -0.116. The first-order valence-electron chi connectivity index (χ1n) is 14.4. The predicted octanol–water partition coefficient (Wildman–Crippen LogP) is 5.91. The van der Waals surface area contributed by atoms with Crippen molar-refractivity contribution < 1.29 is 9.59 Å². The van der Waals surface area contributed by atoms with Crippen molar-refractivity contribution in [2.45, 2.75) is 38.6 Å². The summed E-state index contributed by atoms with van der Waals surface area (Å²) in [4.78, 5) is 36.4. The van der Waals surface area contributed by atoms with Crippen molar-refractivity contribution in [2.75, 3.05) is 23.7 Å². The summed E-state index contributed by atoms with van der Waals surface area (Å²) in [6.45, 7) is 3.24. The number of amides is 2. The van der Waals surface area contributed by atoms with Crippen molar-refractivity contribution in [1.82, 2.24) is 24.5 Å². The summed E-state index contributed by atoms with van der Waals surface area (Å²) < 4.78 is 1.88. The monoisotopic (exact) mass is 559 g/mol. The van der Waals surface area contributed by atoms with Gasteiger partial charge in [0, 0.05) is 54.8 Å². The van der Waals surface area contributed by atoms with E-state index in [9.17, 15) is 9.59 Å². The number of nitrogens with zero attached hydrogens (tertiary/aromatic N) is 5. The number of hydrogen-bond donors (Lipinski definition) is 2. The Morgan fingerprint density at radius 3 is 2.60 bits per heavy atom. The molecule has 4 heterocycles. The van der Waals surface area contributed by atoms with Gasteiger partial charge in [0.2, 0.25) is 11.9 Å². The highest BCUT2D eigenvalue weighted by Crippen LogP contribution is 2.34. The molecule has 1 unspecified atom stereocenters. The van der Waals surface area contributed by atoms with Gasteiger partial charge in [-0.15, -0.1) is 0 Å². The van der Waals surface area contributed by atoms with Crippen LogP contribution in [0.3, 0.4) is 0 Å². The van der Waals surface area contributed by atoms with Gasteiger partial charge in [0.15, 0.2) is 0 Å². The lowest BCUT2D eigenvalue weighted by Crippen LogP contribution is -2.31. The van der Waals surface area contributed by atoms with Crippen LogP contribution in [0.5, 0.6) is 0 Å². The fraction of sp³-hybridized carbons (Fsp3) is 0.242. The van der Waals surface area contributed by atoms with Gasteiger partial charge in [-0.1, -0.05) is 49.7 Å². The van der Waals surface area contributed by atoms with Gasteiger partial charge in [-0.25, -0.2) is 14.5 Å². The number of anilines is 2. The molecule has 1 fully saturated rings. The summed E-state index contributed by atoms with van der Waals surface area (Å²) in [7, 11) is 0. The van der Waals surface area contributed by atoms with Crippen LogP contribution in [-0.4, -0.2) is 55.4 Å². The molecule has 0 spiro atoms. The maximum atomic E-state index is 13.2. The Balaban J connectivity index is 1.15. The van der Waals surface area contributed by atoms with E-state index in [1.165, 1.54) is 0 Å². The van der Waals surface area contributed by atoms with Crippen molar-refractivity contribution in [2.24, 2.45) is 0 Å². The molecule has 3 aromatic heterocycles. The molecule has 212 valence electrons. The second kappa shape index (κ2) is 12.2. The van der Waals surface area contributed by atoms with E-state index in [0.717, 1.165) is 47.3 Å². The van der Waals surface area contributed by atoms with Crippen LogP contribution in [-0.2, 0) is 4.79 Å². The van der Waals surface area contributed by atoms with E-state index in [2.05, 4.69) is 22.5 Å². The predicted molar refractivity (Wildman–Crippen MR) is 164 cm³/mol. The first-order valence-corrected chi connectivity index (χ1v) is 14.4. The number of carbonyl (C=O) groups is 2. The summed E-state index contributed by atoms with van der Waals surface area (Å²) in [6.07, 6.45) is 6.81. The van der Waals surface area contributed by atoms with Crippen LogP contribution < -0.4 is 10.6 Å². The van der Waals surface area contributed by atoms with Gasteiger partial charge >= 0.3 is 0 Å². The fourth-order valence-electron chi connectivity index (χ4n) is 5.30. The minimum absolute atomic E-state index is 0.00598. The maximum Gasteiger partial charge on any atom is 0.253 e. The Morgan fingerprint density at radius 2 is 1.79 bits per heavy atom. The van der Waals surface area contributed by atoms with E-state index < -0.39 is 0 Å². The number of benzene rings is 2. The maximum absolute atomic E-state index is 13.2. The molecule has 42 heavy (non-hydrogen) atoms. The van der Waals surface area contributed by atoms with Crippen molar-refractivity contribution in [3.05, 3.63) is 96.8 Å². The van der Waals surface area contributed by atoms with Gasteiger partial charge in [-0.2, -0.15) is 5.10 Å². The van der Waals surface area contributed by atoms with E-state index in [1.54, 1.807) is 30.5 Å². The van der Waals surface area contributed by atoms with E-state index in [4.69, 9.17) is 10.1 Å². The molecule has 5 aromatic rings. The first-order chi connectivity index (χ1) is 20.6. The Morgan fingerprint density at radius 1 is 0.976 bits per heavy atom. The zero-order valence-electron chi connectivity index (χ0n) is 23.5. The highest BCUT2D eigenvalue weighted by atomic mass is 16.2. The SMILES string of the molecule is CCCCC(=O)Nc1ccc(C(=O)N2CCC(Nc3nccc(-c4c(-c5ccccc5)nn5ccccc45)n3)C2)cc1. The Kier molecular flexibility index (Phi) is 7.89. The first kappa shape index (κ1) is 27.1. The number of fused-ring (bicyclic) bond motifs is 1. The number of pyridine rings is 1. The summed E-state index contributed by atoms with van der Waals surface area (Å²) in [5, 5.41) is 11.2. The van der Waals surface area contributed by atoms with Gasteiger partial charge < -0.3 is 15.5 Å². The molecule has 0 saturated carbocycles. The average molecular weight is 560 g/mol. The van der Waals surface area contributed by atoms with Gasteiger partial charge in [0.1, 0.15) is 5.69 Å². The van der Waals surface area contributed by atoms with Crippen LogP contribution in [0.25, 0.3) is 28.0 Å². The number of rotatable bonds is 9. The van der Waals surface area contributed by atoms with Crippen molar-refractivity contribution in [3.8, 4) is 22.5 Å². The number of likely N-dealkylation sites (tertiary alicyclic amines) is 1. The minimum atomic E-state index is -0.0308. The highest BCUT2D eigenvalue weighted by Gasteiger charge is 2.28. The zero-order valence-corrected chi connectivity index (χ0v) is 23.5. The minimum Gasteiger partial charge on any atom is -0.350 e.